The van der Waals surface area contributed by atoms with Crippen LogP contribution >= 0.6 is 0 Å². The fourth-order valence-corrected chi connectivity index (χ4v) is 3.79. The van der Waals surface area contributed by atoms with E-state index in [-0.39, 0.29) is 22.7 Å². The number of nitrogens with two attached hydrogens (primary N) is 1. The number of rotatable bonds is 3. The minimum Gasteiger partial charge on any atom is -0.399 e. The van der Waals surface area contributed by atoms with Crippen molar-refractivity contribution in [2.24, 2.45) is 0 Å². The summed E-state index contributed by atoms with van der Waals surface area (Å²) in [6, 6.07) is 3.08. The third-order valence-corrected chi connectivity index (χ3v) is 5.23. The maximum Gasteiger partial charge on any atom is 0.243 e. The number of likely N-dealkylation sites (N-methyl/N-ethyl adjacent to an activating group) is 1. The molecule has 0 spiro atoms. The Morgan fingerprint density at radius 3 is 2.63 bits per heavy atom. The fourth-order valence-electron chi connectivity index (χ4n) is 2.28. The zero-order chi connectivity index (χ0) is 14.2. The average Bonchev–Trinajstić information content (AvgIpc) is 2.73. The van der Waals surface area contributed by atoms with E-state index < -0.39 is 15.8 Å². The lowest BCUT2D eigenvalue weighted by Crippen LogP contribution is -2.40. The molecule has 0 saturated carbocycles. The number of halogens is 1. The minimum absolute atomic E-state index is 0.0858. The standard InChI is InChI=1S/C12H17FN2O3S/c1-8-12(3-4-18-8)15(2)19(16,17)11-6-9(13)5-10(14)7-11/h5-8,12H,3-4,14H2,1-2H3. The summed E-state index contributed by atoms with van der Waals surface area (Å²) < 4.78 is 44.7. The lowest BCUT2D eigenvalue weighted by atomic mass is 10.2. The fraction of sp³-hybridized carbons (Fsp3) is 0.500. The maximum absolute atomic E-state index is 13.3. The summed E-state index contributed by atoms with van der Waals surface area (Å²) >= 11 is 0. The Kier molecular flexibility index (Phi) is 3.80. The Hall–Kier alpha value is -1.18. The zero-order valence-electron chi connectivity index (χ0n) is 10.8. The molecule has 1 aromatic rings. The Morgan fingerprint density at radius 1 is 1.42 bits per heavy atom. The molecular formula is C12H17FN2O3S. The molecule has 1 fully saturated rings. The third kappa shape index (κ3) is 2.72. The van der Waals surface area contributed by atoms with E-state index in [2.05, 4.69) is 0 Å². The van der Waals surface area contributed by atoms with E-state index in [0.717, 1.165) is 12.1 Å². The molecule has 1 heterocycles. The van der Waals surface area contributed by atoms with Gasteiger partial charge in [0.25, 0.3) is 0 Å². The van der Waals surface area contributed by atoms with Gasteiger partial charge in [-0.25, -0.2) is 12.8 Å². The lowest BCUT2D eigenvalue weighted by Gasteiger charge is -2.26. The average molecular weight is 288 g/mol. The molecule has 2 unspecified atom stereocenters. The van der Waals surface area contributed by atoms with Gasteiger partial charge in [-0.05, 0) is 31.5 Å². The van der Waals surface area contributed by atoms with E-state index in [0.29, 0.717) is 13.0 Å². The minimum atomic E-state index is -3.77. The molecule has 106 valence electrons. The van der Waals surface area contributed by atoms with Crippen LogP contribution in [0.15, 0.2) is 23.1 Å². The molecule has 19 heavy (non-hydrogen) atoms. The molecule has 0 radical (unpaired) electrons. The van der Waals surface area contributed by atoms with Crippen molar-refractivity contribution in [1.29, 1.82) is 0 Å². The number of benzene rings is 1. The van der Waals surface area contributed by atoms with E-state index in [4.69, 9.17) is 10.5 Å². The van der Waals surface area contributed by atoms with Gasteiger partial charge in [0.15, 0.2) is 0 Å². The third-order valence-electron chi connectivity index (χ3n) is 3.37. The molecule has 1 aromatic carbocycles. The van der Waals surface area contributed by atoms with Crippen LogP contribution in [0.4, 0.5) is 10.1 Å². The summed E-state index contributed by atoms with van der Waals surface area (Å²) in [5, 5.41) is 0. The molecule has 0 amide bonds. The Bertz CT molecular complexity index is 556. The Balaban J connectivity index is 2.36. The van der Waals surface area contributed by atoms with Crippen LogP contribution in [0.2, 0.25) is 0 Å². The number of anilines is 1. The number of nitrogen functional groups attached to an aromatic ring is 1. The highest BCUT2D eigenvalue weighted by Gasteiger charge is 2.35. The van der Waals surface area contributed by atoms with E-state index in [9.17, 15) is 12.8 Å². The molecule has 7 heteroatoms. The van der Waals surface area contributed by atoms with Crippen LogP contribution in [0.25, 0.3) is 0 Å². The number of hydrogen-bond acceptors (Lipinski definition) is 4. The zero-order valence-corrected chi connectivity index (χ0v) is 11.7. The Morgan fingerprint density at radius 2 is 2.11 bits per heavy atom. The topological polar surface area (TPSA) is 72.6 Å². The summed E-state index contributed by atoms with van der Waals surface area (Å²) in [5.74, 6) is -0.664. The van der Waals surface area contributed by atoms with Crippen LogP contribution in [0.5, 0.6) is 0 Å². The number of hydrogen-bond donors (Lipinski definition) is 1. The molecule has 2 N–H and O–H groups in total. The summed E-state index contributed by atoms with van der Waals surface area (Å²) in [4.78, 5) is -0.133. The van der Waals surface area contributed by atoms with Gasteiger partial charge in [-0.2, -0.15) is 4.31 Å². The SMILES string of the molecule is CC1OCCC1N(C)S(=O)(=O)c1cc(N)cc(F)c1. The van der Waals surface area contributed by atoms with E-state index in [1.165, 1.54) is 17.4 Å². The summed E-state index contributed by atoms with van der Waals surface area (Å²) in [6.45, 7) is 2.35. The molecule has 1 aliphatic rings. The lowest BCUT2D eigenvalue weighted by molar-refractivity contribution is 0.102. The number of sulfonamides is 1. The van der Waals surface area contributed by atoms with Crippen LogP contribution in [0.3, 0.4) is 0 Å². The van der Waals surface area contributed by atoms with E-state index in [1.807, 2.05) is 6.92 Å². The second-order valence-corrected chi connectivity index (χ2v) is 6.67. The van der Waals surface area contributed by atoms with Gasteiger partial charge in [0.1, 0.15) is 5.82 Å². The van der Waals surface area contributed by atoms with Crippen molar-refractivity contribution < 1.29 is 17.5 Å². The summed E-state index contributed by atoms with van der Waals surface area (Å²) in [7, 11) is -2.29. The Labute approximate surface area is 112 Å². The smallest absolute Gasteiger partial charge is 0.243 e. The number of nitrogens with zero attached hydrogens (tertiary/aromatic N) is 1. The second kappa shape index (κ2) is 5.07. The van der Waals surface area contributed by atoms with Crippen molar-refractivity contribution in [2.75, 3.05) is 19.4 Å². The first-order valence-electron chi connectivity index (χ1n) is 5.98. The quantitative estimate of drug-likeness (QED) is 0.848. The molecule has 1 aliphatic heterocycles. The van der Waals surface area contributed by atoms with Crippen LogP contribution in [0, 0.1) is 5.82 Å². The normalized spacial score (nSPS) is 24.0. The van der Waals surface area contributed by atoms with Crippen molar-refractivity contribution in [3.63, 3.8) is 0 Å². The molecular weight excluding hydrogens is 271 g/mol. The van der Waals surface area contributed by atoms with Crippen LogP contribution < -0.4 is 5.73 Å². The van der Waals surface area contributed by atoms with Crippen molar-refractivity contribution in [3.8, 4) is 0 Å². The molecule has 2 rings (SSSR count). The molecule has 2 atom stereocenters. The van der Waals surface area contributed by atoms with Crippen LogP contribution in [0.1, 0.15) is 13.3 Å². The van der Waals surface area contributed by atoms with E-state index in [1.54, 1.807) is 0 Å². The first kappa shape index (κ1) is 14.2. The highest BCUT2D eigenvalue weighted by atomic mass is 32.2. The van der Waals surface area contributed by atoms with Crippen LogP contribution in [-0.2, 0) is 14.8 Å². The number of ether oxygens (including phenoxy) is 1. The predicted octanol–water partition coefficient (Wildman–Crippen LogP) is 1.21. The second-order valence-electron chi connectivity index (χ2n) is 4.67. The largest absolute Gasteiger partial charge is 0.399 e. The van der Waals surface area contributed by atoms with Crippen LogP contribution in [-0.4, -0.2) is 38.5 Å². The highest BCUT2D eigenvalue weighted by molar-refractivity contribution is 7.89. The van der Waals surface area contributed by atoms with Crippen molar-refractivity contribution in [1.82, 2.24) is 4.31 Å². The molecule has 0 bridgehead atoms. The molecule has 0 aliphatic carbocycles. The monoisotopic (exact) mass is 288 g/mol. The van der Waals surface area contributed by atoms with Gasteiger partial charge >= 0.3 is 0 Å². The van der Waals surface area contributed by atoms with Crippen molar-refractivity contribution in [3.05, 3.63) is 24.0 Å². The van der Waals surface area contributed by atoms with Crippen molar-refractivity contribution >= 4 is 15.7 Å². The van der Waals surface area contributed by atoms with Gasteiger partial charge in [0.2, 0.25) is 10.0 Å². The van der Waals surface area contributed by atoms with E-state index >= 15 is 0 Å². The van der Waals surface area contributed by atoms with Gasteiger partial charge in [-0.3, -0.25) is 0 Å². The summed E-state index contributed by atoms with van der Waals surface area (Å²) in [5.41, 5.74) is 5.58. The van der Waals surface area contributed by atoms with Gasteiger partial charge in [0.05, 0.1) is 17.0 Å². The highest BCUT2D eigenvalue weighted by Crippen LogP contribution is 2.26. The predicted molar refractivity (Wildman–Crippen MR) is 69.6 cm³/mol. The molecule has 1 saturated heterocycles. The first-order valence-corrected chi connectivity index (χ1v) is 7.42. The summed E-state index contributed by atoms with van der Waals surface area (Å²) in [6.07, 6.45) is 0.451. The van der Waals surface area contributed by atoms with Gasteiger partial charge in [-0.1, -0.05) is 0 Å². The maximum atomic E-state index is 13.3. The van der Waals surface area contributed by atoms with Gasteiger partial charge in [-0.15, -0.1) is 0 Å². The van der Waals surface area contributed by atoms with Crippen molar-refractivity contribution in [2.45, 2.75) is 30.4 Å². The molecule has 0 aromatic heterocycles. The van der Waals surface area contributed by atoms with Gasteiger partial charge in [0, 0.05) is 19.3 Å². The first-order chi connectivity index (χ1) is 8.82. The van der Waals surface area contributed by atoms with Gasteiger partial charge < -0.3 is 10.5 Å². The molecule has 5 nitrogen and oxygen atoms in total.